The molecule has 6 heteroatoms. The number of rotatable bonds is 3. The predicted octanol–water partition coefficient (Wildman–Crippen LogP) is 2.08. The lowest BCUT2D eigenvalue weighted by molar-refractivity contribution is -0.133. The van der Waals surface area contributed by atoms with Gasteiger partial charge >= 0.3 is 0 Å². The zero-order valence-electron chi connectivity index (χ0n) is 15.7. The molecule has 2 aliphatic heterocycles. The molecule has 1 aromatic rings. The number of carbonyl (C=O) groups is 1. The van der Waals surface area contributed by atoms with Gasteiger partial charge in [0.15, 0.2) is 0 Å². The van der Waals surface area contributed by atoms with Crippen LogP contribution in [-0.4, -0.2) is 60.0 Å². The van der Waals surface area contributed by atoms with E-state index in [0.29, 0.717) is 17.2 Å². The highest BCUT2D eigenvalue weighted by Gasteiger charge is 2.37. The molecule has 0 bridgehead atoms. The van der Waals surface area contributed by atoms with Crippen molar-refractivity contribution in [3.8, 4) is 0 Å². The van der Waals surface area contributed by atoms with E-state index in [2.05, 4.69) is 20.2 Å². The number of piperazine rings is 1. The maximum Gasteiger partial charge on any atom is 0.225 e. The Balaban J connectivity index is 1.22. The van der Waals surface area contributed by atoms with Gasteiger partial charge in [0.1, 0.15) is 0 Å². The van der Waals surface area contributed by atoms with Gasteiger partial charge in [0.25, 0.3) is 0 Å². The highest BCUT2D eigenvalue weighted by molar-refractivity contribution is 5.76. The highest BCUT2D eigenvalue weighted by atomic mass is 16.2. The second-order valence-corrected chi connectivity index (χ2v) is 8.31. The molecular formula is C20H31N5O. The number of hydrogen-bond donors (Lipinski definition) is 1. The molecule has 0 unspecified atom stereocenters. The molecule has 3 heterocycles. The Morgan fingerprint density at radius 1 is 1.04 bits per heavy atom. The molecule has 0 atom stereocenters. The molecule has 4 rings (SSSR count). The molecule has 1 saturated carbocycles. The molecule has 1 spiro atoms. The Morgan fingerprint density at radius 3 is 2.35 bits per heavy atom. The monoisotopic (exact) mass is 357 g/mol. The van der Waals surface area contributed by atoms with E-state index in [4.69, 9.17) is 0 Å². The molecule has 0 aromatic carbocycles. The summed E-state index contributed by atoms with van der Waals surface area (Å²) in [6, 6.07) is 1.83. The van der Waals surface area contributed by atoms with Crippen LogP contribution in [0.3, 0.4) is 0 Å². The third-order valence-corrected chi connectivity index (χ3v) is 6.76. The van der Waals surface area contributed by atoms with E-state index in [-0.39, 0.29) is 0 Å². The zero-order chi connectivity index (χ0) is 17.8. The average molecular weight is 358 g/mol. The molecule has 1 amide bonds. The lowest BCUT2D eigenvalue weighted by Gasteiger charge is -2.43. The van der Waals surface area contributed by atoms with E-state index in [1.165, 1.54) is 51.6 Å². The van der Waals surface area contributed by atoms with E-state index in [1.54, 1.807) is 12.4 Å². The number of carbonyl (C=O) groups excluding carboxylic acids is 1. The van der Waals surface area contributed by atoms with Crippen LogP contribution in [0.15, 0.2) is 18.5 Å². The van der Waals surface area contributed by atoms with Crippen molar-refractivity contribution in [2.24, 2.45) is 11.3 Å². The summed E-state index contributed by atoms with van der Waals surface area (Å²) in [4.78, 5) is 25.6. The van der Waals surface area contributed by atoms with Crippen LogP contribution in [0, 0.1) is 11.3 Å². The summed E-state index contributed by atoms with van der Waals surface area (Å²) in [5, 5.41) is 3.48. The summed E-state index contributed by atoms with van der Waals surface area (Å²) in [5.41, 5.74) is 0.589. The topological polar surface area (TPSA) is 61.4 Å². The summed E-state index contributed by atoms with van der Waals surface area (Å²) < 4.78 is 0. The van der Waals surface area contributed by atoms with Gasteiger partial charge in [0.2, 0.25) is 11.9 Å². The summed E-state index contributed by atoms with van der Waals surface area (Å²) in [6.45, 7) is 5.60. The zero-order valence-corrected chi connectivity index (χ0v) is 15.7. The van der Waals surface area contributed by atoms with Crippen LogP contribution < -0.4 is 10.2 Å². The van der Waals surface area contributed by atoms with E-state index >= 15 is 0 Å². The van der Waals surface area contributed by atoms with Crippen molar-refractivity contribution in [3.63, 3.8) is 0 Å². The summed E-state index contributed by atoms with van der Waals surface area (Å²) in [6.07, 6.45) is 12.1. The van der Waals surface area contributed by atoms with Crippen LogP contribution in [0.5, 0.6) is 0 Å². The first-order valence-corrected chi connectivity index (χ1v) is 10.2. The number of nitrogens with zero attached hydrogens (tertiary/aromatic N) is 4. The van der Waals surface area contributed by atoms with Gasteiger partial charge in [0.05, 0.1) is 0 Å². The molecule has 6 nitrogen and oxygen atoms in total. The molecule has 1 aliphatic carbocycles. The molecule has 3 fully saturated rings. The minimum absolute atomic E-state index is 0.352. The number of aromatic nitrogens is 2. The van der Waals surface area contributed by atoms with Gasteiger partial charge in [0, 0.05) is 45.0 Å². The van der Waals surface area contributed by atoms with Gasteiger partial charge in [-0.2, -0.15) is 0 Å². The van der Waals surface area contributed by atoms with Crippen LogP contribution in [0.25, 0.3) is 0 Å². The molecule has 1 N–H and O–H groups in total. The van der Waals surface area contributed by atoms with Crippen LogP contribution in [0.1, 0.15) is 44.9 Å². The fraction of sp³-hybridized carbons (Fsp3) is 0.750. The van der Waals surface area contributed by atoms with Crippen molar-refractivity contribution in [2.75, 3.05) is 44.2 Å². The molecular weight excluding hydrogens is 326 g/mol. The summed E-state index contributed by atoms with van der Waals surface area (Å²) >= 11 is 0. The maximum absolute atomic E-state index is 12.7. The fourth-order valence-corrected chi connectivity index (χ4v) is 4.94. The minimum atomic E-state index is 0.352. The molecule has 2 saturated heterocycles. The van der Waals surface area contributed by atoms with Crippen LogP contribution in [0.4, 0.5) is 5.95 Å². The number of amides is 1. The molecule has 0 radical (unpaired) electrons. The van der Waals surface area contributed by atoms with Crippen molar-refractivity contribution < 1.29 is 4.79 Å². The lowest BCUT2D eigenvalue weighted by atomic mass is 9.65. The van der Waals surface area contributed by atoms with Crippen LogP contribution >= 0.6 is 0 Å². The van der Waals surface area contributed by atoms with Gasteiger partial charge in [-0.1, -0.05) is 0 Å². The van der Waals surface area contributed by atoms with Gasteiger partial charge in [-0.3, -0.25) is 4.79 Å². The molecule has 142 valence electrons. The predicted molar refractivity (Wildman–Crippen MR) is 102 cm³/mol. The Kier molecular flexibility index (Phi) is 5.38. The van der Waals surface area contributed by atoms with Gasteiger partial charge in [-0.15, -0.1) is 0 Å². The van der Waals surface area contributed by atoms with Gasteiger partial charge < -0.3 is 15.1 Å². The Hall–Kier alpha value is -1.69. The third kappa shape index (κ3) is 4.00. The van der Waals surface area contributed by atoms with Crippen molar-refractivity contribution in [2.45, 2.75) is 44.9 Å². The SMILES string of the molecule is O=C(CC1CCC2(CCNCC2)CC1)N1CCN(c2ncccn2)CC1. The van der Waals surface area contributed by atoms with Crippen molar-refractivity contribution >= 4 is 11.9 Å². The minimum Gasteiger partial charge on any atom is -0.339 e. The van der Waals surface area contributed by atoms with E-state index in [0.717, 1.165) is 38.5 Å². The highest BCUT2D eigenvalue weighted by Crippen LogP contribution is 2.45. The standard InChI is InChI=1S/C20H31N5O/c26-18(16-17-2-4-20(5-3-17)6-10-21-11-7-20)24-12-14-25(15-13-24)19-22-8-1-9-23-19/h1,8-9,17,21H,2-7,10-16H2. The number of anilines is 1. The van der Waals surface area contributed by atoms with Crippen molar-refractivity contribution in [1.29, 1.82) is 0 Å². The molecule has 3 aliphatic rings. The summed E-state index contributed by atoms with van der Waals surface area (Å²) in [5.74, 6) is 1.72. The largest absolute Gasteiger partial charge is 0.339 e. The number of nitrogens with one attached hydrogen (secondary N) is 1. The Labute approximate surface area is 156 Å². The normalized spacial score (nSPS) is 24.0. The van der Waals surface area contributed by atoms with E-state index in [1.807, 2.05) is 11.0 Å². The van der Waals surface area contributed by atoms with Gasteiger partial charge in [-0.05, 0) is 69.0 Å². The van der Waals surface area contributed by atoms with Crippen molar-refractivity contribution in [1.82, 2.24) is 20.2 Å². The van der Waals surface area contributed by atoms with Gasteiger partial charge in [-0.25, -0.2) is 9.97 Å². The Bertz CT molecular complexity index is 583. The average Bonchev–Trinajstić information content (AvgIpc) is 2.71. The lowest BCUT2D eigenvalue weighted by Crippen LogP contribution is -2.49. The van der Waals surface area contributed by atoms with E-state index in [9.17, 15) is 4.79 Å². The second-order valence-electron chi connectivity index (χ2n) is 8.31. The number of hydrogen-bond acceptors (Lipinski definition) is 5. The first-order chi connectivity index (χ1) is 12.7. The van der Waals surface area contributed by atoms with Crippen molar-refractivity contribution in [3.05, 3.63) is 18.5 Å². The first-order valence-electron chi connectivity index (χ1n) is 10.2. The number of piperidine rings is 1. The fourth-order valence-electron chi connectivity index (χ4n) is 4.94. The van der Waals surface area contributed by atoms with Crippen LogP contribution in [0.2, 0.25) is 0 Å². The molecule has 1 aromatic heterocycles. The first kappa shape index (κ1) is 17.7. The van der Waals surface area contributed by atoms with E-state index < -0.39 is 0 Å². The Morgan fingerprint density at radius 2 is 1.69 bits per heavy atom. The second kappa shape index (κ2) is 7.91. The third-order valence-electron chi connectivity index (χ3n) is 6.76. The molecule has 26 heavy (non-hydrogen) atoms. The van der Waals surface area contributed by atoms with Crippen LogP contribution in [-0.2, 0) is 4.79 Å². The summed E-state index contributed by atoms with van der Waals surface area (Å²) in [7, 11) is 0. The quantitative estimate of drug-likeness (QED) is 0.897. The smallest absolute Gasteiger partial charge is 0.225 e. The maximum atomic E-state index is 12.7.